The van der Waals surface area contributed by atoms with E-state index in [0.29, 0.717) is 17.3 Å². The molecule has 2 atom stereocenters. The number of nitrogens with zero attached hydrogens (tertiary/aromatic N) is 1. The molecule has 0 bridgehead atoms. The Hall–Kier alpha value is -0.0900. The number of piperidine rings is 1. The first-order valence-corrected chi connectivity index (χ1v) is 6.63. The average Bonchev–Trinajstić information content (AvgIpc) is 2.65. The van der Waals surface area contributed by atoms with Crippen molar-refractivity contribution < 1.29 is 9.53 Å². The summed E-state index contributed by atoms with van der Waals surface area (Å²) in [5, 5.41) is 0. The van der Waals surface area contributed by atoms with Crippen LogP contribution in [0.25, 0.3) is 0 Å². The predicted octanol–water partition coefficient (Wildman–Crippen LogP) is 1.80. The third-order valence-corrected chi connectivity index (χ3v) is 4.20. The third-order valence-electron chi connectivity index (χ3n) is 3.28. The van der Waals surface area contributed by atoms with Gasteiger partial charge in [-0.3, -0.25) is 4.79 Å². The summed E-state index contributed by atoms with van der Waals surface area (Å²) in [4.78, 5) is 14.7. The van der Waals surface area contributed by atoms with Gasteiger partial charge in [-0.1, -0.05) is 15.9 Å². The molecule has 2 fully saturated rings. The molecule has 2 heterocycles. The maximum absolute atomic E-state index is 12.1. The molecule has 0 aromatic heterocycles. The minimum Gasteiger partial charge on any atom is -0.378 e. The summed E-state index contributed by atoms with van der Waals surface area (Å²) in [6.45, 7) is 4.46. The van der Waals surface area contributed by atoms with Crippen molar-refractivity contribution in [3.8, 4) is 0 Å². The van der Waals surface area contributed by atoms with Gasteiger partial charge in [-0.25, -0.2) is 0 Å². The fourth-order valence-electron chi connectivity index (χ4n) is 2.32. The number of carbonyl (C=O) groups excluding carboxylic acids is 1. The first-order chi connectivity index (χ1) is 7.16. The Kier molecular flexibility index (Phi) is 3.67. The summed E-state index contributed by atoms with van der Waals surface area (Å²) in [7, 11) is 0. The van der Waals surface area contributed by atoms with Crippen LogP contribution in [0.5, 0.6) is 0 Å². The van der Waals surface area contributed by atoms with Gasteiger partial charge in [0.1, 0.15) is 0 Å². The molecule has 2 saturated heterocycles. The van der Waals surface area contributed by atoms with Gasteiger partial charge in [0, 0.05) is 17.9 Å². The summed E-state index contributed by atoms with van der Waals surface area (Å²) in [6, 6.07) is 0. The van der Waals surface area contributed by atoms with Gasteiger partial charge >= 0.3 is 0 Å². The molecule has 15 heavy (non-hydrogen) atoms. The molecule has 3 nitrogen and oxygen atoms in total. The number of rotatable bonds is 1. The highest BCUT2D eigenvalue weighted by molar-refractivity contribution is 9.09. The lowest BCUT2D eigenvalue weighted by molar-refractivity contribution is -0.136. The van der Waals surface area contributed by atoms with Crippen LogP contribution in [-0.2, 0) is 9.53 Å². The van der Waals surface area contributed by atoms with Crippen molar-refractivity contribution in [2.24, 2.45) is 5.92 Å². The van der Waals surface area contributed by atoms with Crippen LogP contribution in [0.3, 0.4) is 0 Å². The van der Waals surface area contributed by atoms with E-state index >= 15 is 0 Å². The highest BCUT2D eigenvalue weighted by Gasteiger charge is 2.32. The molecule has 0 aromatic rings. The first kappa shape index (κ1) is 11.4. The zero-order valence-electron chi connectivity index (χ0n) is 9.12. The topological polar surface area (TPSA) is 29.5 Å². The van der Waals surface area contributed by atoms with Crippen molar-refractivity contribution in [2.75, 3.05) is 19.7 Å². The number of halogens is 1. The zero-order chi connectivity index (χ0) is 10.8. The van der Waals surface area contributed by atoms with Crippen molar-refractivity contribution in [3.05, 3.63) is 0 Å². The van der Waals surface area contributed by atoms with E-state index in [1.54, 1.807) is 0 Å². The Morgan fingerprint density at radius 3 is 2.60 bits per heavy atom. The normalized spacial score (nSPS) is 33.3. The summed E-state index contributed by atoms with van der Waals surface area (Å²) in [5.74, 6) is 0.422. The van der Waals surface area contributed by atoms with Crippen LogP contribution in [0.4, 0.5) is 0 Å². The van der Waals surface area contributed by atoms with Gasteiger partial charge in [-0.2, -0.15) is 0 Å². The molecule has 2 aliphatic rings. The Bertz CT molecular complexity index is 239. The Morgan fingerprint density at radius 1 is 1.40 bits per heavy atom. The van der Waals surface area contributed by atoms with Gasteiger partial charge in [0.2, 0.25) is 5.91 Å². The molecular formula is C11H18BrNO2. The maximum atomic E-state index is 12.1. The van der Waals surface area contributed by atoms with Gasteiger partial charge < -0.3 is 9.64 Å². The summed E-state index contributed by atoms with van der Waals surface area (Å²) in [6.07, 6.45) is 3.31. The maximum Gasteiger partial charge on any atom is 0.228 e. The molecule has 0 spiro atoms. The van der Waals surface area contributed by atoms with E-state index in [1.807, 2.05) is 11.8 Å². The molecule has 0 aliphatic carbocycles. The van der Waals surface area contributed by atoms with E-state index in [0.717, 1.165) is 32.4 Å². The van der Waals surface area contributed by atoms with Crippen LogP contribution < -0.4 is 0 Å². The lowest BCUT2D eigenvalue weighted by atomic mass is 10.0. The van der Waals surface area contributed by atoms with E-state index in [1.165, 1.54) is 0 Å². The minimum atomic E-state index is 0.117. The predicted molar refractivity (Wildman–Crippen MR) is 62.1 cm³/mol. The molecule has 0 saturated carbocycles. The van der Waals surface area contributed by atoms with E-state index in [9.17, 15) is 4.79 Å². The number of carbonyl (C=O) groups is 1. The summed E-state index contributed by atoms with van der Waals surface area (Å²) in [5.41, 5.74) is 0. The fourth-order valence-corrected chi connectivity index (χ4v) is 2.73. The lowest BCUT2D eigenvalue weighted by Gasteiger charge is -2.31. The van der Waals surface area contributed by atoms with Crippen LogP contribution in [0.15, 0.2) is 0 Å². The minimum absolute atomic E-state index is 0.117. The van der Waals surface area contributed by atoms with Crippen LogP contribution in [-0.4, -0.2) is 41.4 Å². The molecule has 4 heteroatoms. The molecule has 0 N–H and O–H groups in total. The summed E-state index contributed by atoms with van der Waals surface area (Å²) >= 11 is 3.60. The number of amides is 1. The van der Waals surface area contributed by atoms with Crippen LogP contribution in [0.1, 0.15) is 26.2 Å². The fraction of sp³-hybridized carbons (Fsp3) is 0.909. The second-order valence-electron chi connectivity index (χ2n) is 4.58. The molecule has 2 unspecified atom stereocenters. The largest absolute Gasteiger partial charge is 0.378 e. The van der Waals surface area contributed by atoms with Crippen LogP contribution >= 0.6 is 15.9 Å². The van der Waals surface area contributed by atoms with Crippen LogP contribution in [0, 0.1) is 5.92 Å². The molecule has 86 valence electrons. The quantitative estimate of drug-likeness (QED) is 0.683. The average molecular weight is 276 g/mol. The number of alkyl halides is 1. The van der Waals surface area contributed by atoms with Crippen molar-refractivity contribution >= 4 is 21.8 Å². The second-order valence-corrected chi connectivity index (χ2v) is 5.87. The second kappa shape index (κ2) is 4.83. The zero-order valence-corrected chi connectivity index (χ0v) is 10.7. The molecule has 0 radical (unpaired) electrons. The van der Waals surface area contributed by atoms with Gasteiger partial charge in [0.05, 0.1) is 18.6 Å². The molecular weight excluding hydrogens is 258 g/mol. The number of hydrogen-bond acceptors (Lipinski definition) is 2. The third kappa shape index (κ3) is 2.72. The van der Waals surface area contributed by atoms with Gasteiger partial charge in [-0.15, -0.1) is 0 Å². The standard InChI is InChI=1S/C11H18BrNO2/c1-8-6-9(7-15-8)11(14)13-4-2-10(12)3-5-13/h8-10H,2-7H2,1H3. The Balaban J connectivity index is 1.85. The van der Waals surface area contributed by atoms with Crippen molar-refractivity contribution in [2.45, 2.75) is 37.1 Å². The van der Waals surface area contributed by atoms with E-state index in [-0.39, 0.29) is 12.0 Å². The molecule has 1 amide bonds. The first-order valence-electron chi connectivity index (χ1n) is 5.71. The highest BCUT2D eigenvalue weighted by Crippen LogP contribution is 2.24. The van der Waals surface area contributed by atoms with Gasteiger partial charge in [-0.05, 0) is 26.2 Å². The summed E-state index contributed by atoms with van der Waals surface area (Å²) < 4.78 is 5.44. The van der Waals surface area contributed by atoms with Gasteiger partial charge in [0.25, 0.3) is 0 Å². The van der Waals surface area contributed by atoms with Crippen LogP contribution in [0.2, 0.25) is 0 Å². The van der Waals surface area contributed by atoms with Crippen molar-refractivity contribution in [1.29, 1.82) is 0 Å². The van der Waals surface area contributed by atoms with E-state index in [2.05, 4.69) is 15.9 Å². The highest BCUT2D eigenvalue weighted by atomic mass is 79.9. The SMILES string of the molecule is CC1CC(C(=O)N2CCC(Br)CC2)CO1. The molecule has 0 aromatic carbocycles. The monoisotopic (exact) mass is 275 g/mol. The smallest absolute Gasteiger partial charge is 0.228 e. The van der Waals surface area contributed by atoms with E-state index < -0.39 is 0 Å². The Labute approximate surface area is 99.3 Å². The number of hydrogen-bond donors (Lipinski definition) is 0. The molecule has 2 aliphatic heterocycles. The Morgan fingerprint density at radius 2 is 2.07 bits per heavy atom. The number of likely N-dealkylation sites (tertiary alicyclic amines) is 1. The van der Waals surface area contributed by atoms with E-state index in [4.69, 9.17) is 4.74 Å². The number of ether oxygens (including phenoxy) is 1. The van der Waals surface area contributed by atoms with Gasteiger partial charge in [0.15, 0.2) is 0 Å². The van der Waals surface area contributed by atoms with Crippen molar-refractivity contribution in [1.82, 2.24) is 4.90 Å². The molecule has 2 rings (SSSR count). The lowest BCUT2D eigenvalue weighted by Crippen LogP contribution is -2.42. The van der Waals surface area contributed by atoms with Crippen molar-refractivity contribution in [3.63, 3.8) is 0 Å².